The third-order valence-electron chi connectivity index (χ3n) is 11.0. The van der Waals surface area contributed by atoms with Crippen molar-refractivity contribution < 1.29 is 22.7 Å². The van der Waals surface area contributed by atoms with Gasteiger partial charge in [-0.25, -0.2) is 13.1 Å². The molecule has 1 saturated carbocycles. The summed E-state index contributed by atoms with van der Waals surface area (Å²) >= 11 is 10.5. The van der Waals surface area contributed by atoms with E-state index in [-0.39, 0.29) is 10.5 Å². The summed E-state index contributed by atoms with van der Waals surface area (Å²) in [7, 11) is -3.94. The van der Waals surface area contributed by atoms with Gasteiger partial charge in [0.05, 0.1) is 22.1 Å². The molecule has 2 fully saturated rings. The number of rotatable bonds is 4. The van der Waals surface area contributed by atoms with Crippen molar-refractivity contribution in [2.75, 3.05) is 36.1 Å². The molecule has 50 heavy (non-hydrogen) atoms. The van der Waals surface area contributed by atoms with Crippen LogP contribution in [0.4, 0.5) is 5.69 Å². The number of carbonyl (C=O) groups excluding carboxylic acids is 1. The topological polar surface area (TPSA) is 84.9 Å². The van der Waals surface area contributed by atoms with Crippen molar-refractivity contribution in [1.82, 2.24) is 4.72 Å². The minimum atomic E-state index is -3.94. The van der Waals surface area contributed by atoms with Crippen LogP contribution in [0.5, 0.6) is 5.75 Å². The van der Waals surface area contributed by atoms with Crippen molar-refractivity contribution in [2.45, 2.75) is 94.7 Å². The molecule has 2 bridgehead atoms. The largest absolute Gasteiger partial charge is 0.487 e. The molecule has 7 nitrogen and oxygen atoms in total. The smallest absolute Gasteiger partial charge is 0.264 e. The minimum absolute atomic E-state index is 0.204. The second kappa shape index (κ2) is 16.4. The molecule has 6 rings (SSSR count). The number of aryl methyl sites for hydroxylation is 1. The number of carbonyl (C=O) groups is 1. The van der Waals surface area contributed by atoms with Crippen molar-refractivity contribution in [3.63, 3.8) is 0 Å². The molecule has 2 aromatic carbocycles. The quantitative estimate of drug-likeness (QED) is 0.310. The fourth-order valence-electron chi connectivity index (χ4n) is 7.65. The maximum atomic E-state index is 13.6. The molecule has 3 aliphatic heterocycles. The van der Waals surface area contributed by atoms with Gasteiger partial charge in [-0.2, -0.15) is 0 Å². The highest BCUT2D eigenvalue weighted by atomic mass is 35.5. The lowest BCUT2D eigenvalue weighted by atomic mass is 9.64. The summed E-state index contributed by atoms with van der Waals surface area (Å²) in [6.07, 6.45) is 11.3. The Bertz CT molecular complexity index is 1650. The highest BCUT2D eigenvalue weighted by Crippen LogP contribution is 2.54. The average Bonchev–Trinajstić information content (AvgIpc) is 3.11. The summed E-state index contributed by atoms with van der Waals surface area (Å²) in [6, 6.07) is 11.3. The molecular weight excluding hydrogens is 708 g/mol. The molecule has 5 atom stereocenters. The fourth-order valence-corrected chi connectivity index (χ4v) is 12.5. The van der Waals surface area contributed by atoms with Gasteiger partial charge in [-0.1, -0.05) is 50.6 Å². The number of hydrogen-bond acceptors (Lipinski definition) is 8. The lowest BCUT2D eigenvalue weighted by Crippen LogP contribution is -2.56. The summed E-state index contributed by atoms with van der Waals surface area (Å²) in [4.78, 5) is 16.0. The Labute approximate surface area is 313 Å². The number of sulfonamides is 1. The number of benzene rings is 2. The number of amides is 1. The van der Waals surface area contributed by atoms with Gasteiger partial charge >= 0.3 is 0 Å². The van der Waals surface area contributed by atoms with Gasteiger partial charge in [0, 0.05) is 23.7 Å². The van der Waals surface area contributed by atoms with Crippen LogP contribution >= 0.6 is 35.1 Å². The van der Waals surface area contributed by atoms with Gasteiger partial charge in [-0.15, -0.1) is 23.5 Å². The van der Waals surface area contributed by atoms with Crippen LogP contribution in [-0.2, 0) is 27.8 Å². The van der Waals surface area contributed by atoms with Crippen molar-refractivity contribution in [2.24, 2.45) is 23.7 Å². The lowest BCUT2D eigenvalue weighted by molar-refractivity contribution is -0.0954. The van der Waals surface area contributed by atoms with E-state index in [4.69, 9.17) is 21.1 Å². The van der Waals surface area contributed by atoms with Crippen LogP contribution < -0.4 is 14.4 Å². The standard InChI is InChI=1S/C39H53ClN2O5S3/c1-26(2)24-47-39(38-48-19-8-20-49-38)17-7-9-27(3)28(4)50(44,45)41-37(43)30-13-16-36-35(22-30)42(23-31-12-15-34(31)39)18-6-5-10-29-21-33(40)14-11-32(29)25-46-36/h7,11,13-14,16-17,21-22,26-28,31,34,38H,5-6,8-10,12,15,18-20,23-25H2,1-4H3,(H,41,43)/b17-7+/t27-,28+,31-,34+,39-/m0/s1. The number of allylic oxidation sites excluding steroid dienone is 1. The molecular formula is C39H53ClN2O5S3. The van der Waals surface area contributed by atoms with Crippen LogP contribution in [0.25, 0.3) is 0 Å². The van der Waals surface area contributed by atoms with Crippen molar-refractivity contribution in [3.05, 3.63) is 70.3 Å². The predicted octanol–water partition coefficient (Wildman–Crippen LogP) is 8.74. The van der Waals surface area contributed by atoms with Crippen molar-refractivity contribution >= 4 is 56.7 Å². The number of nitrogens with zero attached hydrogens (tertiary/aromatic N) is 1. The molecule has 0 radical (unpaired) electrons. The number of anilines is 1. The summed E-state index contributed by atoms with van der Waals surface area (Å²) in [6.45, 7) is 10.7. The Morgan fingerprint density at radius 3 is 2.60 bits per heavy atom. The first kappa shape index (κ1) is 37.9. The summed E-state index contributed by atoms with van der Waals surface area (Å²) in [5.41, 5.74) is 2.97. The van der Waals surface area contributed by atoms with Crippen LogP contribution in [0, 0.1) is 23.7 Å². The van der Waals surface area contributed by atoms with E-state index in [1.165, 1.54) is 12.0 Å². The van der Waals surface area contributed by atoms with Crippen LogP contribution in [-0.4, -0.2) is 61.0 Å². The number of nitrogens with one attached hydrogen (secondary N) is 1. The number of hydrogen-bond donors (Lipinski definition) is 1. The van der Waals surface area contributed by atoms with Gasteiger partial charge < -0.3 is 14.4 Å². The second-order valence-electron chi connectivity index (χ2n) is 15.0. The van der Waals surface area contributed by atoms with Crippen molar-refractivity contribution in [1.29, 1.82) is 0 Å². The summed E-state index contributed by atoms with van der Waals surface area (Å²) in [5, 5.41) is -0.0416. The first-order valence-corrected chi connectivity index (χ1v) is 22.4. The van der Waals surface area contributed by atoms with E-state index < -0.39 is 26.8 Å². The number of fused-ring (bicyclic) bond motifs is 3. The maximum absolute atomic E-state index is 13.6. The van der Waals surface area contributed by atoms with Crippen LogP contribution in [0.2, 0.25) is 5.02 Å². The molecule has 2 aromatic rings. The van der Waals surface area contributed by atoms with Gasteiger partial charge in [0.25, 0.3) is 5.91 Å². The maximum Gasteiger partial charge on any atom is 0.264 e. The molecule has 0 aromatic heterocycles. The molecule has 1 amide bonds. The lowest BCUT2D eigenvalue weighted by Gasteiger charge is -2.53. The minimum Gasteiger partial charge on any atom is -0.487 e. The van der Waals surface area contributed by atoms with Gasteiger partial charge in [0.1, 0.15) is 18.0 Å². The van der Waals surface area contributed by atoms with Crippen LogP contribution in [0.3, 0.4) is 0 Å². The molecule has 3 heterocycles. The monoisotopic (exact) mass is 760 g/mol. The summed E-state index contributed by atoms with van der Waals surface area (Å²) in [5.74, 6) is 3.19. The molecule has 1 N–H and O–H groups in total. The second-order valence-corrected chi connectivity index (χ2v) is 20.2. The Hall–Kier alpha value is -1.85. The molecule has 11 heteroatoms. The molecule has 4 aliphatic rings. The van der Waals surface area contributed by atoms with Gasteiger partial charge in [0.15, 0.2) is 0 Å². The average molecular weight is 762 g/mol. The first-order chi connectivity index (χ1) is 24.0. The SMILES string of the molecule is CC(C)CO[C@@]1(C2SCCCS2)/C=C/C[C@H](C)[C@@H](C)S(=O)(=O)NC(=O)c2ccc3c(c2)N(CCCCc2cc(Cl)ccc2CO3)C[C@@H]2CC[C@H]21. The van der Waals surface area contributed by atoms with Crippen LogP contribution in [0.1, 0.15) is 87.7 Å². The Morgan fingerprint density at radius 1 is 1.06 bits per heavy atom. The zero-order valence-electron chi connectivity index (χ0n) is 29.9. The molecule has 1 saturated heterocycles. The normalized spacial score (nSPS) is 30.1. The van der Waals surface area contributed by atoms with E-state index in [0.717, 1.165) is 73.0 Å². The number of thioether (sulfide) groups is 2. The highest BCUT2D eigenvalue weighted by molar-refractivity contribution is 8.17. The van der Waals surface area contributed by atoms with Crippen molar-refractivity contribution in [3.8, 4) is 5.75 Å². The van der Waals surface area contributed by atoms with E-state index >= 15 is 0 Å². The van der Waals surface area contributed by atoms with E-state index in [2.05, 4.69) is 35.6 Å². The molecule has 274 valence electrons. The van der Waals surface area contributed by atoms with E-state index in [0.29, 0.717) is 48.7 Å². The third kappa shape index (κ3) is 8.51. The first-order valence-electron chi connectivity index (χ1n) is 18.4. The molecule has 0 unspecified atom stereocenters. The number of halogens is 1. The summed E-state index contributed by atoms with van der Waals surface area (Å²) < 4.78 is 43.6. The molecule has 1 aliphatic carbocycles. The van der Waals surface area contributed by atoms with E-state index in [1.54, 1.807) is 13.0 Å². The highest BCUT2D eigenvalue weighted by Gasteiger charge is 2.53. The fraction of sp³-hybridized carbons (Fsp3) is 0.615. The zero-order valence-corrected chi connectivity index (χ0v) is 33.1. The van der Waals surface area contributed by atoms with Gasteiger partial charge in [0.2, 0.25) is 10.0 Å². The van der Waals surface area contributed by atoms with Gasteiger partial charge in [-0.05, 0) is 129 Å². The Balaban J connectivity index is 1.44. The Kier molecular flexibility index (Phi) is 12.5. The number of ether oxygens (including phenoxy) is 2. The predicted molar refractivity (Wildman–Crippen MR) is 209 cm³/mol. The van der Waals surface area contributed by atoms with Gasteiger partial charge in [-0.3, -0.25) is 4.79 Å². The van der Waals surface area contributed by atoms with E-state index in [9.17, 15) is 13.2 Å². The van der Waals surface area contributed by atoms with Crippen LogP contribution in [0.15, 0.2) is 48.6 Å². The Morgan fingerprint density at radius 2 is 1.86 bits per heavy atom. The third-order valence-corrected chi connectivity index (χ3v) is 16.3. The zero-order chi connectivity index (χ0) is 35.5. The van der Waals surface area contributed by atoms with E-state index in [1.807, 2.05) is 60.8 Å². The molecule has 0 spiro atoms.